The largest absolute Gasteiger partial charge is 0.322 e. The highest BCUT2D eigenvalue weighted by Crippen LogP contribution is 2.17. The van der Waals surface area contributed by atoms with Gasteiger partial charge in [-0.1, -0.05) is 35.6 Å². The van der Waals surface area contributed by atoms with Crippen LogP contribution in [0.15, 0.2) is 42.5 Å². The molecular formula is C18H18N2O. The molecule has 0 aromatic heterocycles. The summed E-state index contributed by atoms with van der Waals surface area (Å²) < 4.78 is 0. The number of anilines is 1. The Balaban J connectivity index is 2.22. The van der Waals surface area contributed by atoms with Gasteiger partial charge >= 0.3 is 0 Å². The minimum Gasteiger partial charge on any atom is -0.322 e. The molecule has 0 saturated carbocycles. The van der Waals surface area contributed by atoms with Crippen LogP contribution in [0.2, 0.25) is 0 Å². The Labute approximate surface area is 125 Å². The predicted octanol–water partition coefficient (Wildman–Crippen LogP) is 2.87. The van der Waals surface area contributed by atoms with Crippen molar-refractivity contribution in [3.63, 3.8) is 0 Å². The van der Waals surface area contributed by atoms with Crippen LogP contribution in [-0.4, -0.2) is 12.5 Å². The summed E-state index contributed by atoms with van der Waals surface area (Å²) in [6.07, 6.45) is 0. The molecule has 0 bridgehead atoms. The average Bonchev–Trinajstić information content (AvgIpc) is 2.48. The van der Waals surface area contributed by atoms with Crippen LogP contribution in [0.25, 0.3) is 0 Å². The zero-order valence-corrected chi connectivity index (χ0v) is 12.2. The van der Waals surface area contributed by atoms with E-state index in [1.54, 1.807) is 0 Å². The Kier molecular flexibility index (Phi) is 4.76. The van der Waals surface area contributed by atoms with Crippen molar-refractivity contribution in [2.45, 2.75) is 13.8 Å². The summed E-state index contributed by atoms with van der Waals surface area (Å²) >= 11 is 0. The quantitative estimate of drug-likeness (QED) is 0.830. The lowest BCUT2D eigenvalue weighted by molar-refractivity contribution is 0.102. The molecule has 1 amide bonds. The predicted molar refractivity (Wildman–Crippen MR) is 86.2 cm³/mol. The number of benzene rings is 2. The number of nitrogens with two attached hydrogens (primary N) is 1. The first-order valence-electron chi connectivity index (χ1n) is 6.78. The second-order valence-electron chi connectivity index (χ2n) is 4.86. The Morgan fingerprint density at radius 3 is 2.52 bits per heavy atom. The van der Waals surface area contributed by atoms with Gasteiger partial charge in [-0.2, -0.15) is 0 Å². The fourth-order valence-electron chi connectivity index (χ4n) is 1.89. The number of rotatable bonds is 2. The highest BCUT2D eigenvalue weighted by Gasteiger charge is 2.07. The highest BCUT2D eigenvalue weighted by molar-refractivity contribution is 6.04. The number of carbonyl (C=O) groups is 1. The third-order valence-corrected chi connectivity index (χ3v) is 3.13. The van der Waals surface area contributed by atoms with Crippen molar-refractivity contribution in [3.8, 4) is 11.8 Å². The molecule has 3 N–H and O–H groups in total. The van der Waals surface area contributed by atoms with Gasteiger partial charge in [0.1, 0.15) is 0 Å². The van der Waals surface area contributed by atoms with Crippen molar-refractivity contribution in [1.82, 2.24) is 0 Å². The van der Waals surface area contributed by atoms with Crippen molar-refractivity contribution < 1.29 is 4.79 Å². The lowest BCUT2D eigenvalue weighted by Crippen LogP contribution is -2.12. The second kappa shape index (κ2) is 6.74. The molecule has 2 aromatic rings. The molecular weight excluding hydrogens is 260 g/mol. The summed E-state index contributed by atoms with van der Waals surface area (Å²) in [7, 11) is 0. The zero-order chi connectivity index (χ0) is 15.2. The third kappa shape index (κ3) is 3.95. The van der Waals surface area contributed by atoms with E-state index >= 15 is 0 Å². The Bertz CT molecular complexity index is 706. The summed E-state index contributed by atoms with van der Waals surface area (Å²) in [5, 5.41) is 2.92. The van der Waals surface area contributed by atoms with Gasteiger partial charge in [-0.25, -0.2) is 0 Å². The summed E-state index contributed by atoms with van der Waals surface area (Å²) in [5.41, 5.74) is 9.73. The van der Waals surface area contributed by atoms with Crippen LogP contribution < -0.4 is 11.1 Å². The SMILES string of the molecule is Cc1ccc(C(=O)Nc2cc(C#CCN)ccc2C)cc1. The van der Waals surface area contributed by atoms with Crippen LogP contribution >= 0.6 is 0 Å². The van der Waals surface area contributed by atoms with Crippen molar-refractivity contribution in [2.75, 3.05) is 11.9 Å². The average molecular weight is 278 g/mol. The van der Waals surface area contributed by atoms with E-state index < -0.39 is 0 Å². The highest BCUT2D eigenvalue weighted by atomic mass is 16.1. The molecule has 0 heterocycles. The summed E-state index contributed by atoms with van der Waals surface area (Å²) in [5.74, 6) is 5.65. The van der Waals surface area contributed by atoms with Gasteiger partial charge in [0.2, 0.25) is 0 Å². The molecule has 0 saturated heterocycles. The van der Waals surface area contributed by atoms with E-state index in [0.29, 0.717) is 12.1 Å². The van der Waals surface area contributed by atoms with Crippen LogP contribution in [0, 0.1) is 25.7 Å². The van der Waals surface area contributed by atoms with Gasteiger partial charge < -0.3 is 11.1 Å². The lowest BCUT2D eigenvalue weighted by Gasteiger charge is -2.09. The number of aryl methyl sites for hydroxylation is 2. The monoisotopic (exact) mass is 278 g/mol. The van der Waals surface area contributed by atoms with Gasteiger partial charge in [-0.15, -0.1) is 0 Å². The van der Waals surface area contributed by atoms with E-state index in [4.69, 9.17) is 5.73 Å². The van der Waals surface area contributed by atoms with Gasteiger partial charge in [-0.3, -0.25) is 4.79 Å². The van der Waals surface area contributed by atoms with Gasteiger partial charge in [0.15, 0.2) is 0 Å². The van der Waals surface area contributed by atoms with Gasteiger partial charge in [0, 0.05) is 16.8 Å². The molecule has 0 spiro atoms. The molecule has 0 fully saturated rings. The first-order chi connectivity index (χ1) is 10.1. The maximum absolute atomic E-state index is 12.2. The summed E-state index contributed by atoms with van der Waals surface area (Å²) in [6, 6.07) is 13.2. The van der Waals surface area contributed by atoms with Crippen LogP contribution in [0.3, 0.4) is 0 Å². The number of amides is 1. The smallest absolute Gasteiger partial charge is 0.255 e. The van der Waals surface area contributed by atoms with Gasteiger partial charge in [-0.05, 0) is 43.7 Å². The number of hydrogen-bond acceptors (Lipinski definition) is 2. The van der Waals surface area contributed by atoms with Crippen molar-refractivity contribution in [3.05, 3.63) is 64.7 Å². The maximum atomic E-state index is 12.2. The van der Waals surface area contributed by atoms with Crippen molar-refractivity contribution in [1.29, 1.82) is 0 Å². The molecule has 0 radical (unpaired) electrons. The minimum atomic E-state index is -0.123. The van der Waals surface area contributed by atoms with Crippen LogP contribution in [0.4, 0.5) is 5.69 Å². The lowest BCUT2D eigenvalue weighted by atomic mass is 10.1. The van der Waals surface area contributed by atoms with Crippen molar-refractivity contribution >= 4 is 11.6 Å². The first kappa shape index (κ1) is 14.8. The van der Waals surface area contributed by atoms with Gasteiger partial charge in [0.05, 0.1) is 6.54 Å². The fourth-order valence-corrected chi connectivity index (χ4v) is 1.89. The first-order valence-corrected chi connectivity index (χ1v) is 6.78. The van der Waals surface area contributed by atoms with E-state index in [1.807, 2.05) is 56.3 Å². The van der Waals surface area contributed by atoms with E-state index in [1.165, 1.54) is 0 Å². The van der Waals surface area contributed by atoms with Gasteiger partial charge in [0.25, 0.3) is 5.91 Å². The fraction of sp³-hybridized carbons (Fsp3) is 0.167. The molecule has 21 heavy (non-hydrogen) atoms. The Morgan fingerprint density at radius 1 is 1.14 bits per heavy atom. The molecule has 3 heteroatoms. The topological polar surface area (TPSA) is 55.1 Å². The summed E-state index contributed by atoms with van der Waals surface area (Å²) in [6.45, 7) is 4.26. The molecule has 0 atom stereocenters. The molecule has 0 aliphatic carbocycles. The number of hydrogen-bond donors (Lipinski definition) is 2. The van der Waals surface area contributed by atoms with Crippen LogP contribution in [-0.2, 0) is 0 Å². The number of nitrogens with one attached hydrogen (secondary N) is 1. The molecule has 3 nitrogen and oxygen atoms in total. The standard InChI is InChI=1S/C18H18N2O/c1-13-5-9-16(10-6-13)18(21)20-17-12-15(4-3-11-19)8-7-14(17)2/h5-10,12H,11,19H2,1-2H3,(H,20,21). The summed E-state index contributed by atoms with van der Waals surface area (Å²) in [4.78, 5) is 12.2. The van der Waals surface area contributed by atoms with Crippen molar-refractivity contribution in [2.24, 2.45) is 5.73 Å². The third-order valence-electron chi connectivity index (χ3n) is 3.13. The Hall–Kier alpha value is -2.57. The maximum Gasteiger partial charge on any atom is 0.255 e. The van der Waals surface area contributed by atoms with E-state index in [0.717, 1.165) is 22.4 Å². The number of carbonyl (C=O) groups excluding carboxylic acids is 1. The molecule has 2 aromatic carbocycles. The molecule has 0 unspecified atom stereocenters. The minimum absolute atomic E-state index is 0.123. The normalized spacial score (nSPS) is 9.67. The van der Waals surface area contributed by atoms with E-state index in [2.05, 4.69) is 17.2 Å². The Morgan fingerprint density at radius 2 is 1.86 bits per heavy atom. The van der Waals surface area contributed by atoms with E-state index in [9.17, 15) is 4.79 Å². The molecule has 0 aliphatic heterocycles. The molecule has 2 rings (SSSR count). The van der Waals surface area contributed by atoms with Crippen LogP contribution in [0.1, 0.15) is 27.0 Å². The zero-order valence-electron chi connectivity index (χ0n) is 12.2. The van der Waals surface area contributed by atoms with Crippen LogP contribution in [0.5, 0.6) is 0 Å². The molecule has 0 aliphatic rings. The second-order valence-corrected chi connectivity index (χ2v) is 4.86. The van der Waals surface area contributed by atoms with E-state index in [-0.39, 0.29) is 5.91 Å². The molecule has 106 valence electrons.